The molecule has 2 aromatic carbocycles. The van der Waals surface area contributed by atoms with Crippen molar-refractivity contribution in [2.45, 2.75) is 18.3 Å². The van der Waals surface area contributed by atoms with E-state index >= 15 is 0 Å². The van der Waals surface area contributed by atoms with Crippen LogP contribution in [0.1, 0.15) is 27.9 Å². The molecule has 0 saturated carbocycles. The molecule has 0 N–H and O–H groups in total. The van der Waals surface area contributed by atoms with Gasteiger partial charge in [-0.05, 0) is 24.0 Å². The van der Waals surface area contributed by atoms with Crippen LogP contribution in [0.4, 0.5) is 0 Å². The minimum absolute atomic E-state index is 0.233. The third-order valence-corrected chi connectivity index (χ3v) is 4.25. The number of carbonyl (C=O) groups is 1. The molecule has 102 valence electrons. The molecule has 0 heterocycles. The number of methoxy groups -OCH3 is 1. The highest BCUT2D eigenvalue weighted by Crippen LogP contribution is 2.42. The van der Waals surface area contributed by atoms with E-state index in [0.29, 0.717) is 6.61 Å². The molecule has 0 aromatic heterocycles. The predicted molar refractivity (Wildman–Crippen MR) is 79.1 cm³/mol. The van der Waals surface area contributed by atoms with Crippen molar-refractivity contribution in [3.63, 3.8) is 0 Å². The molecule has 3 rings (SSSR count). The van der Waals surface area contributed by atoms with E-state index in [1.807, 2.05) is 36.4 Å². The van der Waals surface area contributed by atoms with Crippen molar-refractivity contribution < 1.29 is 9.53 Å². The predicted octanol–water partition coefficient (Wildman–Crippen LogP) is 3.40. The lowest BCUT2D eigenvalue weighted by Crippen LogP contribution is -2.34. The van der Waals surface area contributed by atoms with E-state index in [0.717, 1.165) is 29.5 Å². The topological polar surface area (TPSA) is 26.3 Å². The molecule has 2 heteroatoms. The largest absolute Gasteiger partial charge is 0.385 e. The van der Waals surface area contributed by atoms with Crippen LogP contribution in [0, 0.1) is 0 Å². The molecule has 0 fully saturated rings. The molecule has 2 aromatic rings. The molecule has 0 bridgehead atoms. The van der Waals surface area contributed by atoms with Crippen LogP contribution >= 0.6 is 0 Å². The quantitative estimate of drug-likeness (QED) is 0.847. The minimum atomic E-state index is -0.457. The maximum atomic E-state index is 13.0. The second kappa shape index (κ2) is 5.22. The Bertz CT molecular complexity index is 618. The molecule has 2 nitrogen and oxygen atoms in total. The van der Waals surface area contributed by atoms with Gasteiger partial charge in [0.15, 0.2) is 5.78 Å². The monoisotopic (exact) mass is 266 g/mol. The van der Waals surface area contributed by atoms with Crippen molar-refractivity contribution in [3.8, 4) is 0 Å². The summed E-state index contributed by atoms with van der Waals surface area (Å²) in [6, 6.07) is 18.0. The lowest BCUT2D eigenvalue weighted by atomic mass is 9.74. The Morgan fingerprint density at radius 3 is 2.45 bits per heavy atom. The Kier molecular flexibility index (Phi) is 3.41. The van der Waals surface area contributed by atoms with E-state index < -0.39 is 5.41 Å². The fraction of sp³-hybridized carbons (Fsp3) is 0.278. The maximum Gasteiger partial charge on any atom is 0.174 e. The number of hydrogen-bond donors (Lipinski definition) is 0. The SMILES string of the molecule is COCCC1(c2ccccc2)Cc2ccccc2C1=O. The van der Waals surface area contributed by atoms with Gasteiger partial charge in [0, 0.05) is 19.3 Å². The van der Waals surface area contributed by atoms with Gasteiger partial charge in [-0.2, -0.15) is 0 Å². The normalized spacial score (nSPS) is 20.9. The van der Waals surface area contributed by atoms with E-state index in [1.54, 1.807) is 7.11 Å². The number of ether oxygens (including phenoxy) is 1. The Hall–Kier alpha value is -1.93. The Balaban J connectivity index is 2.08. The number of hydrogen-bond acceptors (Lipinski definition) is 2. The molecule has 1 aliphatic carbocycles. The maximum absolute atomic E-state index is 13.0. The first-order valence-electron chi connectivity index (χ1n) is 6.95. The number of ketones is 1. The van der Waals surface area contributed by atoms with Gasteiger partial charge in [-0.3, -0.25) is 4.79 Å². The highest BCUT2D eigenvalue weighted by atomic mass is 16.5. The third kappa shape index (κ3) is 1.97. The van der Waals surface area contributed by atoms with Crippen LogP contribution in [0.5, 0.6) is 0 Å². The summed E-state index contributed by atoms with van der Waals surface area (Å²) >= 11 is 0. The van der Waals surface area contributed by atoms with E-state index in [-0.39, 0.29) is 5.78 Å². The van der Waals surface area contributed by atoms with E-state index in [1.165, 1.54) is 0 Å². The summed E-state index contributed by atoms with van der Waals surface area (Å²) in [6.07, 6.45) is 1.50. The van der Waals surface area contributed by atoms with Gasteiger partial charge < -0.3 is 4.74 Å². The average Bonchev–Trinajstić information content (AvgIpc) is 2.80. The zero-order chi connectivity index (χ0) is 14.0. The Labute approximate surface area is 119 Å². The number of fused-ring (bicyclic) bond motifs is 1. The van der Waals surface area contributed by atoms with E-state index in [9.17, 15) is 4.79 Å². The van der Waals surface area contributed by atoms with Crippen LogP contribution < -0.4 is 0 Å². The molecule has 0 amide bonds. The first-order valence-corrected chi connectivity index (χ1v) is 6.95. The van der Waals surface area contributed by atoms with Crippen LogP contribution in [0.2, 0.25) is 0 Å². The van der Waals surface area contributed by atoms with Crippen LogP contribution in [-0.2, 0) is 16.6 Å². The fourth-order valence-corrected chi connectivity index (χ4v) is 3.17. The highest BCUT2D eigenvalue weighted by molar-refractivity contribution is 6.08. The summed E-state index contributed by atoms with van der Waals surface area (Å²) in [5.74, 6) is 0.233. The Morgan fingerprint density at radius 2 is 1.75 bits per heavy atom. The lowest BCUT2D eigenvalue weighted by Gasteiger charge is -2.27. The van der Waals surface area contributed by atoms with E-state index in [2.05, 4.69) is 18.2 Å². The first kappa shape index (κ1) is 13.1. The van der Waals surface area contributed by atoms with Gasteiger partial charge >= 0.3 is 0 Å². The highest BCUT2D eigenvalue weighted by Gasteiger charge is 2.46. The standard InChI is InChI=1S/C18H18O2/c1-20-12-11-18(15-8-3-2-4-9-15)13-14-7-5-6-10-16(14)17(18)19/h2-10H,11-13H2,1H3. The second-order valence-corrected chi connectivity index (χ2v) is 5.35. The molecule has 0 radical (unpaired) electrons. The van der Waals surface area contributed by atoms with Gasteiger partial charge in [-0.1, -0.05) is 54.6 Å². The smallest absolute Gasteiger partial charge is 0.174 e. The van der Waals surface area contributed by atoms with Crippen molar-refractivity contribution in [3.05, 3.63) is 71.3 Å². The van der Waals surface area contributed by atoms with Crippen molar-refractivity contribution in [1.29, 1.82) is 0 Å². The summed E-state index contributed by atoms with van der Waals surface area (Å²) in [7, 11) is 1.69. The number of Topliss-reactive ketones (excluding diaryl/α,β-unsaturated/α-hetero) is 1. The second-order valence-electron chi connectivity index (χ2n) is 5.35. The summed E-state index contributed by atoms with van der Waals surface area (Å²) in [5.41, 5.74) is 2.66. The van der Waals surface area contributed by atoms with Crippen molar-refractivity contribution in [2.24, 2.45) is 0 Å². The van der Waals surface area contributed by atoms with Crippen molar-refractivity contribution in [1.82, 2.24) is 0 Å². The minimum Gasteiger partial charge on any atom is -0.385 e. The lowest BCUT2D eigenvalue weighted by molar-refractivity contribution is 0.0852. The molecular formula is C18H18O2. The van der Waals surface area contributed by atoms with E-state index in [4.69, 9.17) is 4.74 Å². The first-order chi connectivity index (χ1) is 9.78. The molecule has 0 aliphatic heterocycles. The van der Waals surface area contributed by atoms with Gasteiger partial charge in [0.25, 0.3) is 0 Å². The molecule has 0 saturated heterocycles. The Morgan fingerprint density at radius 1 is 1.05 bits per heavy atom. The summed E-state index contributed by atoms with van der Waals surface area (Å²) in [5, 5.41) is 0. The molecule has 0 spiro atoms. The summed E-state index contributed by atoms with van der Waals surface area (Å²) in [6.45, 7) is 0.592. The molecule has 1 aliphatic rings. The third-order valence-electron chi connectivity index (χ3n) is 4.25. The zero-order valence-electron chi connectivity index (χ0n) is 11.6. The van der Waals surface area contributed by atoms with Gasteiger partial charge in [0.2, 0.25) is 0 Å². The van der Waals surface area contributed by atoms with Crippen LogP contribution in [-0.4, -0.2) is 19.5 Å². The molecule has 1 atom stereocenters. The summed E-state index contributed by atoms with van der Waals surface area (Å²) < 4.78 is 5.25. The average molecular weight is 266 g/mol. The number of rotatable bonds is 4. The van der Waals surface area contributed by atoms with Crippen LogP contribution in [0.3, 0.4) is 0 Å². The molecule has 1 unspecified atom stereocenters. The fourth-order valence-electron chi connectivity index (χ4n) is 3.17. The van der Waals surface area contributed by atoms with Crippen LogP contribution in [0.15, 0.2) is 54.6 Å². The van der Waals surface area contributed by atoms with Gasteiger partial charge in [-0.15, -0.1) is 0 Å². The molecular weight excluding hydrogens is 248 g/mol. The summed E-state index contributed by atoms with van der Waals surface area (Å²) in [4.78, 5) is 13.0. The van der Waals surface area contributed by atoms with Crippen LogP contribution in [0.25, 0.3) is 0 Å². The number of benzene rings is 2. The van der Waals surface area contributed by atoms with Gasteiger partial charge in [0.05, 0.1) is 5.41 Å². The van der Waals surface area contributed by atoms with Gasteiger partial charge in [-0.25, -0.2) is 0 Å². The molecule has 20 heavy (non-hydrogen) atoms. The zero-order valence-corrected chi connectivity index (χ0v) is 11.6. The van der Waals surface area contributed by atoms with Crippen molar-refractivity contribution >= 4 is 5.78 Å². The number of carbonyl (C=O) groups excluding carboxylic acids is 1. The van der Waals surface area contributed by atoms with Crippen molar-refractivity contribution in [2.75, 3.05) is 13.7 Å². The van der Waals surface area contributed by atoms with Gasteiger partial charge in [0.1, 0.15) is 0 Å².